The van der Waals surface area contributed by atoms with E-state index in [0.29, 0.717) is 6.54 Å². The van der Waals surface area contributed by atoms with Gasteiger partial charge in [-0.1, -0.05) is 6.92 Å². The maximum absolute atomic E-state index is 12.3. The topological polar surface area (TPSA) is 76.0 Å². The number of rotatable bonds is 8. The molecule has 2 aromatic heterocycles. The van der Waals surface area contributed by atoms with E-state index in [1.807, 2.05) is 17.0 Å². The first-order valence-electron chi connectivity index (χ1n) is 6.75. The van der Waals surface area contributed by atoms with Crippen LogP contribution in [-0.2, 0) is 30.2 Å². The van der Waals surface area contributed by atoms with E-state index in [1.54, 1.807) is 17.8 Å². The van der Waals surface area contributed by atoms with Gasteiger partial charge in [-0.2, -0.15) is 0 Å². The SMILES string of the molecule is CCCNCc1cc(S(=O)(=O)NCc2cscn2)cn1C. The van der Waals surface area contributed by atoms with Gasteiger partial charge >= 0.3 is 0 Å². The highest BCUT2D eigenvalue weighted by Gasteiger charge is 2.17. The van der Waals surface area contributed by atoms with E-state index in [1.165, 1.54) is 11.3 Å². The van der Waals surface area contributed by atoms with Crippen LogP contribution in [0.4, 0.5) is 0 Å². The molecular weight excluding hydrogens is 308 g/mol. The van der Waals surface area contributed by atoms with Gasteiger partial charge in [0.1, 0.15) is 0 Å². The Hall–Kier alpha value is -1.22. The Bertz CT molecular complexity index is 662. The van der Waals surface area contributed by atoms with E-state index in [2.05, 4.69) is 21.9 Å². The molecule has 8 heteroatoms. The van der Waals surface area contributed by atoms with Crippen molar-refractivity contribution in [1.82, 2.24) is 19.6 Å². The second kappa shape index (κ2) is 7.17. The molecule has 0 atom stereocenters. The minimum atomic E-state index is -3.50. The molecule has 0 aliphatic carbocycles. The minimum absolute atomic E-state index is 0.212. The summed E-state index contributed by atoms with van der Waals surface area (Å²) in [6.45, 7) is 3.88. The lowest BCUT2D eigenvalue weighted by Crippen LogP contribution is -2.23. The van der Waals surface area contributed by atoms with Gasteiger partial charge < -0.3 is 9.88 Å². The Balaban J connectivity index is 2.04. The summed E-state index contributed by atoms with van der Waals surface area (Å²) in [7, 11) is -1.65. The van der Waals surface area contributed by atoms with Gasteiger partial charge in [-0.15, -0.1) is 11.3 Å². The molecule has 2 rings (SSSR count). The average molecular weight is 328 g/mol. The number of sulfonamides is 1. The van der Waals surface area contributed by atoms with Crippen molar-refractivity contribution in [3.63, 3.8) is 0 Å². The first kappa shape index (κ1) is 16.2. The molecule has 0 bridgehead atoms. The fraction of sp³-hybridized carbons (Fsp3) is 0.462. The fourth-order valence-corrected chi connectivity index (χ4v) is 3.52. The molecule has 0 aliphatic rings. The highest BCUT2D eigenvalue weighted by atomic mass is 32.2. The van der Waals surface area contributed by atoms with Gasteiger partial charge in [-0.3, -0.25) is 0 Å². The van der Waals surface area contributed by atoms with E-state index in [-0.39, 0.29) is 11.4 Å². The molecule has 2 aromatic rings. The monoisotopic (exact) mass is 328 g/mol. The van der Waals surface area contributed by atoms with Crippen LogP contribution in [0, 0.1) is 0 Å². The maximum Gasteiger partial charge on any atom is 0.242 e. The third kappa shape index (κ3) is 4.37. The van der Waals surface area contributed by atoms with Crippen LogP contribution in [0.2, 0.25) is 0 Å². The number of hydrogen-bond acceptors (Lipinski definition) is 5. The predicted molar refractivity (Wildman–Crippen MR) is 83.6 cm³/mol. The average Bonchev–Trinajstić information content (AvgIpc) is 3.07. The van der Waals surface area contributed by atoms with Crippen molar-refractivity contribution in [2.75, 3.05) is 6.54 Å². The van der Waals surface area contributed by atoms with Gasteiger partial charge in [0.2, 0.25) is 10.0 Å². The summed E-state index contributed by atoms with van der Waals surface area (Å²) in [5.41, 5.74) is 3.35. The molecule has 0 saturated carbocycles. The molecule has 0 fully saturated rings. The molecule has 0 aliphatic heterocycles. The quantitative estimate of drug-likeness (QED) is 0.719. The second-order valence-electron chi connectivity index (χ2n) is 4.76. The maximum atomic E-state index is 12.3. The molecule has 0 aromatic carbocycles. The van der Waals surface area contributed by atoms with E-state index in [9.17, 15) is 8.42 Å². The van der Waals surface area contributed by atoms with E-state index in [0.717, 1.165) is 24.4 Å². The highest BCUT2D eigenvalue weighted by Crippen LogP contribution is 2.14. The Morgan fingerprint density at radius 2 is 2.19 bits per heavy atom. The molecule has 21 heavy (non-hydrogen) atoms. The third-order valence-electron chi connectivity index (χ3n) is 3.05. The summed E-state index contributed by atoms with van der Waals surface area (Å²) in [4.78, 5) is 4.35. The number of nitrogens with zero attached hydrogens (tertiary/aromatic N) is 2. The molecule has 6 nitrogen and oxygen atoms in total. The van der Waals surface area contributed by atoms with Crippen LogP contribution < -0.4 is 10.0 Å². The van der Waals surface area contributed by atoms with Gasteiger partial charge in [0, 0.05) is 30.9 Å². The molecular formula is C13H20N4O2S2. The standard InChI is InChI=1S/C13H20N4O2S2/c1-3-4-14-7-12-5-13(8-17(12)2)21(18,19)16-6-11-9-20-10-15-11/h5,8-10,14,16H,3-4,6-7H2,1-2H3. The number of hydrogen-bond donors (Lipinski definition) is 2. The molecule has 2 heterocycles. The summed E-state index contributed by atoms with van der Waals surface area (Å²) >= 11 is 1.45. The van der Waals surface area contributed by atoms with Gasteiger partial charge in [0.05, 0.1) is 22.6 Å². The number of aryl methyl sites for hydroxylation is 1. The Labute approximate surface area is 129 Å². The molecule has 116 valence electrons. The lowest BCUT2D eigenvalue weighted by Gasteiger charge is -2.03. The second-order valence-corrected chi connectivity index (χ2v) is 7.24. The number of nitrogens with one attached hydrogen (secondary N) is 2. The van der Waals surface area contributed by atoms with Crippen LogP contribution >= 0.6 is 11.3 Å². The van der Waals surface area contributed by atoms with Crippen molar-refractivity contribution < 1.29 is 8.42 Å². The van der Waals surface area contributed by atoms with Crippen LogP contribution in [0.3, 0.4) is 0 Å². The van der Waals surface area contributed by atoms with E-state index in [4.69, 9.17) is 0 Å². The zero-order chi connectivity index (χ0) is 15.3. The van der Waals surface area contributed by atoms with Crippen molar-refractivity contribution in [3.8, 4) is 0 Å². The summed E-state index contributed by atoms with van der Waals surface area (Å²) in [5, 5.41) is 5.09. The van der Waals surface area contributed by atoms with Gasteiger partial charge in [-0.05, 0) is 19.0 Å². The fourth-order valence-electron chi connectivity index (χ4n) is 1.87. The van der Waals surface area contributed by atoms with E-state index >= 15 is 0 Å². The lowest BCUT2D eigenvalue weighted by molar-refractivity contribution is 0.580. The summed E-state index contributed by atoms with van der Waals surface area (Å²) in [5.74, 6) is 0. The van der Waals surface area contributed by atoms with Crippen LogP contribution in [0.1, 0.15) is 24.7 Å². The number of thiazole rings is 1. The molecule has 0 amide bonds. The van der Waals surface area contributed by atoms with Crippen LogP contribution in [0.15, 0.2) is 28.0 Å². The van der Waals surface area contributed by atoms with Crippen molar-refractivity contribution in [2.24, 2.45) is 7.05 Å². The molecule has 2 N–H and O–H groups in total. The molecule has 0 radical (unpaired) electrons. The lowest BCUT2D eigenvalue weighted by atomic mass is 10.4. The summed E-state index contributed by atoms with van der Waals surface area (Å²) in [6, 6.07) is 1.70. The first-order valence-corrected chi connectivity index (χ1v) is 9.18. The molecule has 0 saturated heterocycles. The Morgan fingerprint density at radius 1 is 1.38 bits per heavy atom. The normalized spacial score (nSPS) is 11.9. The zero-order valence-electron chi connectivity index (χ0n) is 12.2. The predicted octanol–water partition coefficient (Wildman–Crippen LogP) is 1.46. The van der Waals surface area contributed by atoms with Crippen molar-refractivity contribution >= 4 is 21.4 Å². The highest BCUT2D eigenvalue weighted by molar-refractivity contribution is 7.89. The van der Waals surface area contributed by atoms with Crippen molar-refractivity contribution in [1.29, 1.82) is 0 Å². The Kier molecular flexibility index (Phi) is 5.51. The van der Waals surface area contributed by atoms with Crippen LogP contribution in [0.5, 0.6) is 0 Å². The van der Waals surface area contributed by atoms with E-state index < -0.39 is 10.0 Å². The van der Waals surface area contributed by atoms with Crippen molar-refractivity contribution in [3.05, 3.63) is 34.5 Å². The minimum Gasteiger partial charge on any atom is -0.352 e. The van der Waals surface area contributed by atoms with Gasteiger partial charge in [0.15, 0.2) is 0 Å². The molecule has 0 spiro atoms. The largest absolute Gasteiger partial charge is 0.352 e. The summed E-state index contributed by atoms with van der Waals surface area (Å²) < 4.78 is 28.9. The third-order valence-corrected chi connectivity index (χ3v) is 5.06. The van der Waals surface area contributed by atoms with Crippen LogP contribution in [-0.4, -0.2) is 24.5 Å². The summed E-state index contributed by atoms with van der Waals surface area (Å²) in [6.07, 6.45) is 2.68. The van der Waals surface area contributed by atoms with Gasteiger partial charge in [0.25, 0.3) is 0 Å². The zero-order valence-corrected chi connectivity index (χ0v) is 13.8. The Morgan fingerprint density at radius 3 is 2.86 bits per heavy atom. The van der Waals surface area contributed by atoms with Crippen LogP contribution in [0.25, 0.3) is 0 Å². The van der Waals surface area contributed by atoms with Crippen molar-refractivity contribution in [2.45, 2.75) is 31.3 Å². The van der Waals surface area contributed by atoms with Gasteiger partial charge in [-0.25, -0.2) is 18.1 Å². The number of aromatic nitrogens is 2. The smallest absolute Gasteiger partial charge is 0.242 e. The first-order chi connectivity index (χ1) is 10.0. The molecule has 0 unspecified atom stereocenters.